The molecule has 0 spiro atoms. The molecule has 3 atom stereocenters. The van der Waals surface area contributed by atoms with E-state index < -0.39 is 0 Å². The maximum atomic E-state index is 12.8. The average molecular weight is 429 g/mol. The highest BCUT2D eigenvalue weighted by Gasteiger charge is 2.36. The lowest BCUT2D eigenvalue weighted by Crippen LogP contribution is -2.34. The van der Waals surface area contributed by atoms with Gasteiger partial charge in [0.05, 0.1) is 23.7 Å². The van der Waals surface area contributed by atoms with Crippen LogP contribution in [0.25, 0.3) is 27.5 Å². The molecule has 0 unspecified atom stereocenters. The Bertz CT molecular complexity index is 1430. The van der Waals surface area contributed by atoms with Crippen LogP contribution in [0.1, 0.15) is 37.9 Å². The number of nitrogens with one attached hydrogen (secondary N) is 1. The Morgan fingerprint density at radius 3 is 3.06 bits per heavy atom. The summed E-state index contributed by atoms with van der Waals surface area (Å²) in [6, 6.07) is 10.1. The third-order valence-corrected chi connectivity index (χ3v) is 6.70. The first-order valence-electron chi connectivity index (χ1n) is 11.0. The van der Waals surface area contributed by atoms with Gasteiger partial charge in [0, 0.05) is 23.7 Å². The summed E-state index contributed by atoms with van der Waals surface area (Å²) in [5.74, 6) is 0.436. The molecule has 6 rings (SSSR count). The molecule has 162 valence electrons. The van der Waals surface area contributed by atoms with Crippen LogP contribution < -0.4 is 5.32 Å². The smallest absolute Gasteiger partial charge is 0.226 e. The minimum Gasteiger partial charge on any atom is -0.356 e. The Morgan fingerprint density at radius 1 is 1.25 bits per heavy atom. The molecule has 0 bridgehead atoms. The van der Waals surface area contributed by atoms with Gasteiger partial charge in [-0.1, -0.05) is 35.8 Å². The fraction of sp³-hybridized carbons (Fsp3) is 0.348. The number of hydrogen-bond acceptors (Lipinski definition) is 6. The van der Waals surface area contributed by atoms with Gasteiger partial charge in [0.15, 0.2) is 5.58 Å². The van der Waals surface area contributed by atoms with Crippen LogP contribution in [0.2, 0.25) is 0 Å². The van der Waals surface area contributed by atoms with E-state index >= 15 is 0 Å². The average Bonchev–Trinajstić information content (AvgIpc) is 3.58. The largest absolute Gasteiger partial charge is 0.356 e. The van der Waals surface area contributed by atoms with E-state index in [1.54, 1.807) is 17.0 Å². The van der Waals surface area contributed by atoms with Crippen molar-refractivity contribution in [2.75, 3.05) is 0 Å². The highest BCUT2D eigenvalue weighted by molar-refractivity contribution is 5.90. The molecule has 0 saturated heterocycles. The lowest BCUT2D eigenvalue weighted by atomic mass is 10.0. The van der Waals surface area contributed by atoms with E-state index in [4.69, 9.17) is 4.52 Å². The zero-order valence-corrected chi connectivity index (χ0v) is 17.7. The summed E-state index contributed by atoms with van der Waals surface area (Å²) in [7, 11) is 0. The normalized spacial score (nSPS) is 21.1. The topological polar surface area (TPSA) is 103 Å². The summed E-state index contributed by atoms with van der Waals surface area (Å²) in [5.41, 5.74) is 4.30. The molecule has 32 heavy (non-hydrogen) atoms. The number of aromatic nitrogens is 6. The number of fused-ring (bicyclic) bond motifs is 4. The van der Waals surface area contributed by atoms with Crippen LogP contribution in [0, 0.1) is 5.92 Å². The predicted octanol–water partition coefficient (Wildman–Crippen LogP) is 3.31. The molecule has 1 N–H and O–H groups in total. The molecule has 1 saturated carbocycles. The van der Waals surface area contributed by atoms with Crippen molar-refractivity contribution in [1.29, 1.82) is 0 Å². The lowest BCUT2D eigenvalue weighted by molar-refractivity contribution is -0.121. The number of nitrogens with zero attached hydrogens (tertiary/aromatic N) is 6. The first-order chi connectivity index (χ1) is 15.7. The lowest BCUT2D eigenvalue weighted by Gasteiger charge is -2.21. The van der Waals surface area contributed by atoms with E-state index in [0.29, 0.717) is 17.2 Å². The second kappa shape index (κ2) is 7.44. The molecule has 1 fully saturated rings. The van der Waals surface area contributed by atoms with Crippen LogP contribution in [0.3, 0.4) is 0 Å². The molecule has 9 heteroatoms. The van der Waals surface area contributed by atoms with Crippen molar-refractivity contribution in [3.8, 4) is 0 Å². The second-order valence-electron chi connectivity index (χ2n) is 8.54. The van der Waals surface area contributed by atoms with E-state index in [-0.39, 0.29) is 24.4 Å². The molecule has 1 aromatic carbocycles. The van der Waals surface area contributed by atoms with Crippen LogP contribution in [-0.4, -0.2) is 41.5 Å². The summed E-state index contributed by atoms with van der Waals surface area (Å²) in [5, 5.41) is 16.3. The van der Waals surface area contributed by atoms with Gasteiger partial charge in [-0.3, -0.25) is 4.79 Å². The molecule has 0 radical (unpaired) electrons. The molecule has 5 aromatic rings. The highest BCUT2D eigenvalue weighted by Crippen LogP contribution is 2.40. The summed E-state index contributed by atoms with van der Waals surface area (Å²) < 4.78 is 9.34. The minimum atomic E-state index is -0.0223. The molecule has 4 aromatic heterocycles. The molecular weight excluding hydrogens is 406 g/mol. The molecular formula is C23H23N7O2. The van der Waals surface area contributed by atoms with Gasteiger partial charge >= 0.3 is 0 Å². The zero-order valence-electron chi connectivity index (χ0n) is 17.7. The van der Waals surface area contributed by atoms with Crippen molar-refractivity contribution in [3.05, 3.63) is 54.7 Å². The highest BCUT2D eigenvalue weighted by atomic mass is 16.5. The van der Waals surface area contributed by atoms with Crippen molar-refractivity contribution in [2.45, 2.75) is 44.7 Å². The van der Waals surface area contributed by atoms with Crippen molar-refractivity contribution in [1.82, 2.24) is 34.9 Å². The minimum absolute atomic E-state index is 0.0223. The maximum absolute atomic E-state index is 12.8. The Balaban J connectivity index is 1.23. The van der Waals surface area contributed by atoms with Crippen LogP contribution >= 0.6 is 0 Å². The molecule has 1 aliphatic carbocycles. The Hall–Kier alpha value is -3.75. The molecule has 0 aliphatic heterocycles. The number of carbonyl (C=O) groups is 1. The number of carbonyl (C=O) groups excluding carboxylic acids is 1. The van der Waals surface area contributed by atoms with Crippen LogP contribution in [0.4, 0.5) is 0 Å². The fourth-order valence-electron chi connectivity index (χ4n) is 5.19. The van der Waals surface area contributed by atoms with E-state index in [2.05, 4.69) is 43.5 Å². The van der Waals surface area contributed by atoms with Crippen molar-refractivity contribution >= 4 is 33.4 Å². The monoisotopic (exact) mass is 429 g/mol. The number of amides is 1. The molecule has 1 aliphatic rings. The first-order valence-corrected chi connectivity index (χ1v) is 11.0. The summed E-state index contributed by atoms with van der Waals surface area (Å²) in [6.45, 7) is 2.21. The van der Waals surface area contributed by atoms with E-state index in [0.717, 1.165) is 41.2 Å². The van der Waals surface area contributed by atoms with Crippen LogP contribution in [0.15, 0.2) is 53.6 Å². The Labute approximate surface area is 183 Å². The van der Waals surface area contributed by atoms with Gasteiger partial charge in [-0.2, -0.15) is 0 Å². The van der Waals surface area contributed by atoms with Crippen LogP contribution in [0.5, 0.6) is 0 Å². The second-order valence-corrected chi connectivity index (χ2v) is 8.54. The number of para-hydroxylation sites is 1. The molecule has 1 amide bonds. The van der Waals surface area contributed by atoms with Crippen molar-refractivity contribution in [3.63, 3.8) is 0 Å². The van der Waals surface area contributed by atoms with Gasteiger partial charge in [-0.15, -0.1) is 5.10 Å². The Kier molecular flexibility index (Phi) is 4.41. The maximum Gasteiger partial charge on any atom is 0.226 e. The van der Waals surface area contributed by atoms with Gasteiger partial charge < -0.3 is 14.4 Å². The van der Waals surface area contributed by atoms with E-state index in [1.165, 1.54) is 0 Å². The summed E-state index contributed by atoms with van der Waals surface area (Å²) in [6.07, 6.45) is 8.64. The SMILES string of the molecule is CC[C@@H]1C[C@H](NC(=O)Cc2noc3ccccc23)C[C@@H]1n1ccc2ncn3nncc3c21. The first kappa shape index (κ1) is 19.0. The predicted molar refractivity (Wildman–Crippen MR) is 118 cm³/mol. The van der Waals surface area contributed by atoms with Gasteiger partial charge in [-0.05, 0) is 37.0 Å². The molecule has 4 heterocycles. The van der Waals surface area contributed by atoms with Gasteiger partial charge in [0.1, 0.15) is 17.5 Å². The summed E-state index contributed by atoms with van der Waals surface area (Å²) >= 11 is 0. The third kappa shape index (κ3) is 3.04. The van der Waals surface area contributed by atoms with Gasteiger partial charge in [0.25, 0.3) is 0 Å². The quantitative estimate of drug-likeness (QED) is 0.460. The number of rotatable bonds is 5. The van der Waals surface area contributed by atoms with Gasteiger partial charge in [-0.25, -0.2) is 9.50 Å². The number of hydrogen-bond donors (Lipinski definition) is 1. The molecule has 9 nitrogen and oxygen atoms in total. The summed E-state index contributed by atoms with van der Waals surface area (Å²) in [4.78, 5) is 17.3. The zero-order chi connectivity index (χ0) is 21.7. The standard InChI is InChI=1S/C23H23N7O2/c1-2-14-9-15(26-22(31)11-18-16-5-3-4-6-21(16)32-27-18)10-19(14)29-8-7-17-23(29)20-12-25-28-30(20)13-24-17/h3-8,12-15,19H,2,9-11H2,1H3,(H,26,31)/t14-,15+,19+/m1/s1. The third-order valence-electron chi connectivity index (χ3n) is 6.70. The van der Waals surface area contributed by atoms with Gasteiger partial charge in [0.2, 0.25) is 5.91 Å². The van der Waals surface area contributed by atoms with Crippen LogP contribution in [-0.2, 0) is 11.2 Å². The van der Waals surface area contributed by atoms with Crippen molar-refractivity contribution < 1.29 is 9.32 Å². The van der Waals surface area contributed by atoms with E-state index in [1.807, 2.05) is 30.3 Å². The van der Waals surface area contributed by atoms with Crippen molar-refractivity contribution in [2.24, 2.45) is 5.92 Å². The Morgan fingerprint density at radius 2 is 2.16 bits per heavy atom. The fourth-order valence-corrected chi connectivity index (χ4v) is 5.19. The number of benzene rings is 1. The van der Waals surface area contributed by atoms with E-state index in [9.17, 15) is 4.79 Å².